The van der Waals surface area contributed by atoms with Crippen LogP contribution in [0.1, 0.15) is 23.3 Å². The van der Waals surface area contributed by atoms with Crippen LogP contribution in [0.15, 0.2) is 30.3 Å². The van der Waals surface area contributed by atoms with E-state index in [0.717, 1.165) is 30.4 Å². The highest BCUT2D eigenvalue weighted by Crippen LogP contribution is 2.38. The summed E-state index contributed by atoms with van der Waals surface area (Å²) in [5.74, 6) is 0.997. The van der Waals surface area contributed by atoms with Gasteiger partial charge in [0, 0.05) is 30.0 Å². The Morgan fingerprint density at radius 1 is 1.41 bits per heavy atom. The van der Waals surface area contributed by atoms with Crippen molar-refractivity contribution in [3.8, 4) is 5.75 Å². The zero-order valence-corrected chi connectivity index (χ0v) is 12.4. The topological polar surface area (TPSA) is 60.5 Å². The number of fused-ring (bicyclic) bond motifs is 2. The van der Waals surface area contributed by atoms with E-state index in [1.165, 1.54) is 0 Å². The number of ether oxygens (including phenoxy) is 2. The third-order valence-corrected chi connectivity index (χ3v) is 4.71. The maximum absolute atomic E-state index is 12.5. The molecule has 2 fully saturated rings. The molecular weight excluding hydrogens is 280 g/mol. The second-order valence-corrected chi connectivity index (χ2v) is 5.90. The van der Waals surface area contributed by atoms with E-state index in [-0.39, 0.29) is 11.9 Å². The van der Waals surface area contributed by atoms with Crippen molar-refractivity contribution in [3.05, 3.63) is 36.0 Å². The van der Waals surface area contributed by atoms with Crippen LogP contribution in [0.2, 0.25) is 0 Å². The minimum Gasteiger partial charge on any atom is -0.496 e. The van der Waals surface area contributed by atoms with Crippen LogP contribution in [0, 0.1) is 5.92 Å². The Morgan fingerprint density at radius 2 is 2.27 bits per heavy atom. The van der Waals surface area contributed by atoms with Crippen LogP contribution < -0.4 is 10.1 Å². The molecule has 5 heteroatoms. The summed E-state index contributed by atoms with van der Waals surface area (Å²) in [5.41, 5.74) is 1.17. The van der Waals surface area contributed by atoms with Gasteiger partial charge in [0.15, 0.2) is 0 Å². The van der Waals surface area contributed by atoms with Crippen molar-refractivity contribution in [1.29, 1.82) is 0 Å². The van der Waals surface area contributed by atoms with E-state index in [1.54, 1.807) is 13.2 Å². The van der Waals surface area contributed by atoms with E-state index in [9.17, 15) is 4.79 Å². The highest BCUT2D eigenvalue weighted by molar-refractivity contribution is 5.97. The molecule has 114 valence electrons. The summed E-state index contributed by atoms with van der Waals surface area (Å²) in [6, 6.07) is 9.58. The van der Waals surface area contributed by atoms with E-state index in [0.29, 0.717) is 23.5 Å². The van der Waals surface area contributed by atoms with Crippen molar-refractivity contribution in [3.63, 3.8) is 0 Å². The first kappa shape index (κ1) is 13.5. The lowest BCUT2D eigenvalue weighted by Gasteiger charge is -2.39. The molecule has 0 bridgehead atoms. The lowest BCUT2D eigenvalue weighted by atomic mass is 9.76. The summed E-state index contributed by atoms with van der Waals surface area (Å²) < 4.78 is 11.0. The minimum atomic E-state index is -0.139. The second-order valence-electron chi connectivity index (χ2n) is 5.90. The number of pyridine rings is 1. The Hall–Kier alpha value is -2.14. The molecule has 1 saturated heterocycles. The third-order valence-electron chi connectivity index (χ3n) is 4.71. The van der Waals surface area contributed by atoms with E-state index in [2.05, 4.69) is 10.3 Å². The van der Waals surface area contributed by atoms with Gasteiger partial charge >= 0.3 is 0 Å². The first-order valence-electron chi connectivity index (χ1n) is 7.62. The molecular formula is C17H18N2O3. The molecule has 2 aliphatic rings. The maximum Gasteiger partial charge on any atom is 0.270 e. The second kappa shape index (κ2) is 5.25. The number of nitrogens with zero attached hydrogens (tertiary/aromatic N) is 1. The van der Waals surface area contributed by atoms with Gasteiger partial charge in [-0.3, -0.25) is 4.79 Å². The van der Waals surface area contributed by atoms with Crippen molar-refractivity contribution in [2.75, 3.05) is 13.7 Å². The quantitative estimate of drug-likeness (QED) is 0.943. The molecule has 1 saturated carbocycles. The van der Waals surface area contributed by atoms with Gasteiger partial charge in [0.2, 0.25) is 0 Å². The van der Waals surface area contributed by atoms with Crippen LogP contribution in [0.4, 0.5) is 0 Å². The smallest absolute Gasteiger partial charge is 0.270 e. The highest BCUT2D eigenvalue weighted by atomic mass is 16.5. The molecule has 0 unspecified atom stereocenters. The van der Waals surface area contributed by atoms with Crippen molar-refractivity contribution in [2.24, 2.45) is 5.92 Å². The zero-order chi connectivity index (χ0) is 15.1. The van der Waals surface area contributed by atoms with Gasteiger partial charge in [0.1, 0.15) is 11.4 Å². The van der Waals surface area contributed by atoms with E-state index < -0.39 is 0 Å². The monoisotopic (exact) mass is 298 g/mol. The molecule has 1 amide bonds. The lowest BCUT2D eigenvalue weighted by Crippen LogP contribution is -2.53. The summed E-state index contributed by atoms with van der Waals surface area (Å²) in [6.07, 6.45) is 2.27. The average molecular weight is 298 g/mol. The van der Waals surface area contributed by atoms with Gasteiger partial charge in [-0.2, -0.15) is 0 Å². The normalized spacial score (nSPS) is 26.3. The summed E-state index contributed by atoms with van der Waals surface area (Å²) in [6.45, 7) is 0.809. The molecule has 1 aromatic carbocycles. The van der Waals surface area contributed by atoms with Crippen LogP contribution in [-0.2, 0) is 4.74 Å². The number of aromatic nitrogens is 1. The van der Waals surface area contributed by atoms with Crippen LogP contribution >= 0.6 is 0 Å². The molecule has 0 radical (unpaired) electrons. The van der Waals surface area contributed by atoms with Crippen molar-refractivity contribution < 1.29 is 14.3 Å². The molecule has 5 nitrogen and oxygen atoms in total. The van der Waals surface area contributed by atoms with Crippen LogP contribution in [-0.4, -0.2) is 36.8 Å². The molecule has 1 N–H and O–H groups in total. The van der Waals surface area contributed by atoms with Crippen molar-refractivity contribution in [1.82, 2.24) is 10.3 Å². The van der Waals surface area contributed by atoms with Crippen molar-refractivity contribution >= 4 is 16.8 Å². The number of benzene rings is 1. The first-order chi connectivity index (χ1) is 10.8. The fourth-order valence-corrected chi connectivity index (χ4v) is 3.43. The van der Waals surface area contributed by atoms with E-state index in [1.807, 2.05) is 24.3 Å². The van der Waals surface area contributed by atoms with Gasteiger partial charge in [-0.1, -0.05) is 12.1 Å². The minimum absolute atomic E-state index is 0.139. The Kier molecular flexibility index (Phi) is 3.22. The molecule has 2 heterocycles. The maximum atomic E-state index is 12.5. The summed E-state index contributed by atoms with van der Waals surface area (Å²) >= 11 is 0. The number of carbonyl (C=O) groups is 1. The number of hydrogen-bond acceptors (Lipinski definition) is 4. The number of amides is 1. The number of rotatable bonds is 3. The number of carbonyl (C=O) groups excluding carboxylic acids is 1. The first-order valence-corrected chi connectivity index (χ1v) is 7.62. The largest absolute Gasteiger partial charge is 0.496 e. The Morgan fingerprint density at radius 3 is 3.09 bits per heavy atom. The molecule has 2 aromatic rings. The van der Waals surface area contributed by atoms with Gasteiger partial charge in [0.25, 0.3) is 5.91 Å². The van der Waals surface area contributed by atoms with Crippen LogP contribution in [0.25, 0.3) is 10.9 Å². The molecule has 22 heavy (non-hydrogen) atoms. The molecule has 1 aliphatic heterocycles. The standard InChI is InChI=1S/C17H18N2O3/c1-21-15-9-14(18-12-5-3-2-4-10(12)15)17(20)19-13-8-16-11(13)6-7-22-16/h2-5,9,11,13,16H,6-8H2,1H3,(H,19,20)/t11-,13-,16+/m1/s1. The predicted octanol–water partition coefficient (Wildman–Crippen LogP) is 2.15. The molecule has 0 spiro atoms. The van der Waals surface area contributed by atoms with Gasteiger partial charge < -0.3 is 14.8 Å². The van der Waals surface area contributed by atoms with Gasteiger partial charge in [-0.05, 0) is 25.0 Å². The van der Waals surface area contributed by atoms with Gasteiger partial charge in [-0.15, -0.1) is 0 Å². The highest BCUT2D eigenvalue weighted by Gasteiger charge is 2.45. The Bertz CT molecular complexity index is 731. The van der Waals surface area contributed by atoms with Gasteiger partial charge in [0.05, 0.1) is 18.7 Å². The summed E-state index contributed by atoms with van der Waals surface area (Å²) in [5, 5.41) is 3.99. The number of hydrogen-bond donors (Lipinski definition) is 1. The summed E-state index contributed by atoms with van der Waals surface area (Å²) in [4.78, 5) is 16.9. The fraction of sp³-hybridized carbons (Fsp3) is 0.412. The SMILES string of the molecule is COc1cc(C(=O)N[C@@H]2C[C@@H]3OCC[C@@H]32)nc2ccccc12. The molecule has 3 atom stereocenters. The third kappa shape index (κ3) is 2.13. The summed E-state index contributed by atoms with van der Waals surface area (Å²) in [7, 11) is 1.61. The van der Waals surface area contributed by atoms with E-state index >= 15 is 0 Å². The lowest BCUT2D eigenvalue weighted by molar-refractivity contribution is 0.00802. The molecule has 4 rings (SSSR count). The molecule has 1 aliphatic carbocycles. The predicted molar refractivity (Wildman–Crippen MR) is 82.0 cm³/mol. The van der Waals surface area contributed by atoms with Crippen LogP contribution in [0.5, 0.6) is 5.75 Å². The Balaban J connectivity index is 1.59. The zero-order valence-electron chi connectivity index (χ0n) is 12.4. The number of methoxy groups -OCH3 is 1. The Labute approximate surface area is 128 Å². The van der Waals surface area contributed by atoms with Crippen LogP contribution in [0.3, 0.4) is 0 Å². The number of nitrogens with one attached hydrogen (secondary N) is 1. The average Bonchev–Trinajstić information content (AvgIpc) is 2.92. The molecule has 1 aromatic heterocycles. The van der Waals surface area contributed by atoms with E-state index in [4.69, 9.17) is 9.47 Å². The number of para-hydroxylation sites is 1. The van der Waals surface area contributed by atoms with Gasteiger partial charge in [-0.25, -0.2) is 4.98 Å². The fourth-order valence-electron chi connectivity index (χ4n) is 3.43. The van der Waals surface area contributed by atoms with Crippen molar-refractivity contribution in [2.45, 2.75) is 25.0 Å².